The van der Waals surface area contributed by atoms with Crippen LogP contribution < -0.4 is 11.5 Å². The monoisotopic (exact) mass is 222 g/mol. The molecule has 0 radical (unpaired) electrons. The maximum atomic E-state index is 12.5. The Kier molecular flexibility index (Phi) is 5.38. The Balaban J connectivity index is 5.01. The van der Waals surface area contributed by atoms with E-state index in [4.69, 9.17) is 16.6 Å². The minimum Gasteiger partial charge on any atom is -0.479 e. The summed E-state index contributed by atoms with van der Waals surface area (Å²) in [5.74, 6) is -1.74. The van der Waals surface area contributed by atoms with Crippen molar-refractivity contribution < 1.29 is 18.7 Å². The number of nitrogens with two attached hydrogens (primary N) is 2. The highest BCUT2D eigenvalue weighted by Crippen LogP contribution is 2.19. The van der Waals surface area contributed by atoms with Crippen molar-refractivity contribution in [2.75, 3.05) is 6.54 Å². The molecule has 88 valence electrons. The van der Waals surface area contributed by atoms with Gasteiger partial charge in [-0.25, -0.2) is 13.6 Å². The van der Waals surface area contributed by atoms with E-state index in [0.29, 0.717) is 18.4 Å². The second-order valence-corrected chi connectivity index (χ2v) is 3.23. The van der Waals surface area contributed by atoms with Crippen LogP contribution in [0.15, 0.2) is 11.6 Å². The Morgan fingerprint density at radius 3 is 2.40 bits per heavy atom. The first kappa shape index (κ1) is 14.0. The molecule has 0 spiro atoms. The van der Waals surface area contributed by atoms with Crippen LogP contribution in [0.4, 0.5) is 8.78 Å². The zero-order chi connectivity index (χ0) is 12.1. The van der Waals surface area contributed by atoms with Crippen LogP contribution in [-0.2, 0) is 4.79 Å². The second kappa shape index (κ2) is 5.77. The molecule has 0 aliphatic carbocycles. The van der Waals surface area contributed by atoms with Crippen molar-refractivity contribution in [2.45, 2.75) is 31.7 Å². The third-order valence-electron chi connectivity index (χ3n) is 2.09. The number of rotatable bonds is 6. The summed E-state index contributed by atoms with van der Waals surface area (Å²) in [5.41, 5.74) is 8.30. The lowest BCUT2D eigenvalue weighted by Gasteiger charge is -2.21. The molecule has 0 heterocycles. The third kappa shape index (κ3) is 3.56. The number of halogens is 2. The van der Waals surface area contributed by atoms with E-state index in [0.717, 1.165) is 6.08 Å². The molecule has 15 heavy (non-hydrogen) atoms. The molecular formula is C9H16F2N2O2. The van der Waals surface area contributed by atoms with E-state index in [-0.39, 0.29) is 6.54 Å². The van der Waals surface area contributed by atoms with Gasteiger partial charge in [0.15, 0.2) is 5.54 Å². The highest BCUT2D eigenvalue weighted by molar-refractivity contribution is 5.82. The Hall–Kier alpha value is -1.01. The molecule has 1 atom stereocenters. The Morgan fingerprint density at radius 1 is 1.60 bits per heavy atom. The van der Waals surface area contributed by atoms with E-state index < -0.39 is 17.9 Å². The predicted octanol–water partition coefficient (Wildman–Crippen LogP) is 0.719. The first-order chi connectivity index (χ1) is 6.88. The molecule has 0 aliphatic rings. The summed E-state index contributed by atoms with van der Waals surface area (Å²) in [4.78, 5) is 10.6. The fourth-order valence-electron chi connectivity index (χ4n) is 1.09. The van der Waals surface area contributed by atoms with Gasteiger partial charge in [-0.1, -0.05) is 12.5 Å². The minimum absolute atomic E-state index is 0.276. The first-order valence-corrected chi connectivity index (χ1v) is 4.59. The summed E-state index contributed by atoms with van der Waals surface area (Å²) in [7, 11) is 0. The lowest BCUT2D eigenvalue weighted by atomic mass is 9.95. The summed E-state index contributed by atoms with van der Waals surface area (Å²) in [6.07, 6.45) is -1.41. The fourth-order valence-corrected chi connectivity index (χ4v) is 1.09. The highest BCUT2D eigenvalue weighted by atomic mass is 19.3. The SMILES string of the molecule is CC/C(=C\C(N)(C(=O)O)C(F)F)CCN. The second-order valence-electron chi connectivity index (χ2n) is 3.23. The van der Waals surface area contributed by atoms with Gasteiger partial charge in [-0.3, -0.25) is 0 Å². The van der Waals surface area contributed by atoms with Gasteiger partial charge in [0, 0.05) is 0 Å². The minimum atomic E-state index is -3.14. The number of hydrogen-bond donors (Lipinski definition) is 3. The van der Waals surface area contributed by atoms with Crippen LogP contribution in [0.3, 0.4) is 0 Å². The normalized spacial score (nSPS) is 16.5. The van der Waals surface area contributed by atoms with Crippen LogP contribution in [-0.4, -0.2) is 29.6 Å². The third-order valence-corrected chi connectivity index (χ3v) is 2.09. The van der Waals surface area contributed by atoms with E-state index in [1.54, 1.807) is 6.92 Å². The number of hydrogen-bond acceptors (Lipinski definition) is 3. The molecule has 0 bridgehead atoms. The molecule has 0 aliphatic heterocycles. The van der Waals surface area contributed by atoms with Gasteiger partial charge in [-0.15, -0.1) is 0 Å². The van der Waals surface area contributed by atoms with Crippen LogP contribution in [0.1, 0.15) is 19.8 Å². The number of alkyl halides is 2. The molecule has 5 N–H and O–H groups in total. The molecule has 0 saturated carbocycles. The molecule has 0 fully saturated rings. The summed E-state index contributed by atoms with van der Waals surface area (Å²) >= 11 is 0. The zero-order valence-corrected chi connectivity index (χ0v) is 8.54. The lowest BCUT2D eigenvalue weighted by Crippen LogP contribution is -2.52. The van der Waals surface area contributed by atoms with Crippen molar-refractivity contribution >= 4 is 5.97 Å². The van der Waals surface area contributed by atoms with Crippen LogP contribution in [0, 0.1) is 0 Å². The maximum Gasteiger partial charge on any atom is 0.333 e. The number of carbonyl (C=O) groups is 1. The first-order valence-electron chi connectivity index (χ1n) is 4.59. The van der Waals surface area contributed by atoms with Gasteiger partial charge in [-0.2, -0.15) is 0 Å². The Bertz CT molecular complexity index is 256. The topological polar surface area (TPSA) is 89.3 Å². The van der Waals surface area contributed by atoms with Gasteiger partial charge in [-0.05, 0) is 25.5 Å². The lowest BCUT2D eigenvalue weighted by molar-refractivity contribution is -0.146. The summed E-state index contributed by atoms with van der Waals surface area (Å²) in [6.45, 7) is 2.01. The Labute approximate surface area is 86.9 Å². The van der Waals surface area contributed by atoms with Gasteiger partial charge in [0.25, 0.3) is 6.43 Å². The van der Waals surface area contributed by atoms with Crippen molar-refractivity contribution in [3.8, 4) is 0 Å². The van der Waals surface area contributed by atoms with Crippen LogP contribution in [0.2, 0.25) is 0 Å². The molecule has 0 aromatic carbocycles. The average Bonchev–Trinajstić information content (AvgIpc) is 2.16. The molecule has 0 aromatic rings. The largest absolute Gasteiger partial charge is 0.479 e. The molecule has 0 rings (SSSR count). The number of aliphatic carboxylic acids is 1. The smallest absolute Gasteiger partial charge is 0.333 e. The van der Waals surface area contributed by atoms with Crippen LogP contribution in [0.5, 0.6) is 0 Å². The van der Waals surface area contributed by atoms with Crippen molar-refractivity contribution in [1.29, 1.82) is 0 Å². The van der Waals surface area contributed by atoms with Gasteiger partial charge in [0.05, 0.1) is 0 Å². The molecule has 0 aromatic heterocycles. The average molecular weight is 222 g/mol. The van der Waals surface area contributed by atoms with Crippen LogP contribution >= 0.6 is 0 Å². The quantitative estimate of drug-likeness (QED) is 0.577. The van der Waals surface area contributed by atoms with Crippen molar-refractivity contribution in [3.05, 3.63) is 11.6 Å². The molecule has 4 nitrogen and oxygen atoms in total. The van der Waals surface area contributed by atoms with Gasteiger partial charge >= 0.3 is 5.97 Å². The van der Waals surface area contributed by atoms with E-state index in [2.05, 4.69) is 0 Å². The maximum absolute atomic E-state index is 12.5. The van der Waals surface area contributed by atoms with Crippen LogP contribution in [0.25, 0.3) is 0 Å². The Morgan fingerprint density at radius 2 is 2.13 bits per heavy atom. The number of carboxylic acid groups (broad SMARTS) is 1. The summed E-state index contributed by atoms with van der Waals surface area (Å²) < 4.78 is 25.0. The molecular weight excluding hydrogens is 206 g/mol. The van der Waals surface area contributed by atoms with Crippen molar-refractivity contribution in [3.63, 3.8) is 0 Å². The van der Waals surface area contributed by atoms with Crippen molar-refractivity contribution in [1.82, 2.24) is 0 Å². The molecule has 6 heteroatoms. The highest BCUT2D eigenvalue weighted by Gasteiger charge is 2.41. The van der Waals surface area contributed by atoms with E-state index >= 15 is 0 Å². The zero-order valence-electron chi connectivity index (χ0n) is 8.54. The van der Waals surface area contributed by atoms with Gasteiger partial charge in [0.1, 0.15) is 0 Å². The number of carboxylic acids is 1. The summed E-state index contributed by atoms with van der Waals surface area (Å²) in [6, 6.07) is 0. The summed E-state index contributed by atoms with van der Waals surface area (Å²) in [5, 5.41) is 8.63. The van der Waals surface area contributed by atoms with E-state index in [1.165, 1.54) is 0 Å². The molecule has 1 unspecified atom stereocenters. The van der Waals surface area contributed by atoms with Gasteiger partial charge < -0.3 is 16.6 Å². The van der Waals surface area contributed by atoms with Crippen molar-refractivity contribution in [2.24, 2.45) is 11.5 Å². The fraction of sp³-hybridized carbons (Fsp3) is 0.667. The van der Waals surface area contributed by atoms with Gasteiger partial charge in [0.2, 0.25) is 0 Å². The molecule has 0 amide bonds. The van der Waals surface area contributed by atoms with E-state index in [1.807, 2.05) is 0 Å². The predicted molar refractivity (Wildman–Crippen MR) is 52.6 cm³/mol. The molecule has 0 saturated heterocycles. The standard InChI is InChI=1S/C9H16F2N2O2/c1-2-6(3-4-12)5-9(13,7(10)11)8(14)15/h5,7H,2-4,12-13H2,1H3,(H,14,15)/b6-5+. The van der Waals surface area contributed by atoms with E-state index in [9.17, 15) is 13.6 Å².